The van der Waals surface area contributed by atoms with Gasteiger partial charge in [-0.3, -0.25) is 0 Å². The number of aliphatic hydroxyl groups excluding tert-OH is 1. The van der Waals surface area contributed by atoms with Crippen molar-refractivity contribution in [3.05, 3.63) is 52.6 Å². The number of carbonyl (C=O) groups is 1. The third-order valence-corrected chi connectivity index (χ3v) is 5.12. The maximum Gasteiger partial charge on any atom is 0.351 e. The molecule has 1 unspecified atom stereocenters. The van der Waals surface area contributed by atoms with E-state index in [2.05, 4.69) is 6.58 Å². The van der Waals surface area contributed by atoms with Gasteiger partial charge in [0, 0.05) is 29.7 Å². The molecule has 0 aromatic heterocycles. The zero-order chi connectivity index (χ0) is 23.7. The second-order valence-electron chi connectivity index (χ2n) is 7.87. The molecule has 0 aliphatic carbocycles. The first kappa shape index (κ1) is 23.0. The Kier molecular flexibility index (Phi) is 6.36. The Balaban J connectivity index is 2.17. The van der Waals surface area contributed by atoms with E-state index in [-0.39, 0.29) is 58.5 Å². The molecule has 1 heterocycles. The zero-order valence-electron chi connectivity index (χ0n) is 18.4. The lowest BCUT2D eigenvalue weighted by molar-refractivity contribution is 0.0732. The van der Waals surface area contributed by atoms with E-state index in [1.165, 1.54) is 13.2 Å². The molecule has 170 valence electrons. The van der Waals surface area contributed by atoms with E-state index < -0.39 is 17.8 Å². The van der Waals surface area contributed by atoms with Crippen LogP contribution >= 0.6 is 0 Å². The number of aliphatic hydroxyl groups is 1. The first-order chi connectivity index (χ1) is 15.0. The minimum atomic E-state index is -1.04. The first-order valence-corrected chi connectivity index (χ1v) is 9.92. The lowest BCUT2D eigenvalue weighted by atomic mass is 9.98. The Morgan fingerprint density at radius 3 is 2.34 bits per heavy atom. The molecule has 8 nitrogen and oxygen atoms in total. The second-order valence-corrected chi connectivity index (χ2v) is 7.87. The highest BCUT2D eigenvalue weighted by atomic mass is 16.6. The summed E-state index contributed by atoms with van der Waals surface area (Å²) in [7, 11) is 1.38. The maximum absolute atomic E-state index is 13.0. The summed E-state index contributed by atoms with van der Waals surface area (Å²) in [5.41, 5.74) is 1.45. The van der Waals surface area contributed by atoms with Crippen LogP contribution in [0.1, 0.15) is 42.3 Å². The number of aromatic hydroxyl groups is 3. The van der Waals surface area contributed by atoms with Gasteiger partial charge in [-0.25, -0.2) is 4.79 Å². The van der Waals surface area contributed by atoms with Crippen molar-refractivity contribution >= 4 is 5.97 Å². The van der Waals surface area contributed by atoms with Crippen molar-refractivity contribution in [3.63, 3.8) is 0 Å². The number of carbonyl (C=O) groups excluding carboxylic acids is 1. The average Bonchev–Trinajstić information content (AvgIpc) is 2.84. The molecular formula is C24H26O8. The van der Waals surface area contributed by atoms with Crippen molar-refractivity contribution in [1.82, 2.24) is 0 Å². The van der Waals surface area contributed by atoms with E-state index in [9.17, 15) is 25.2 Å². The summed E-state index contributed by atoms with van der Waals surface area (Å²) in [6.45, 7) is 9.04. The number of rotatable bonds is 6. The molecule has 0 spiro atoms. The Hall–Kier alpha value is -3.65. The van der Waals surface area contributed by atoms with Crippen LogP contribution in [0.25, 0.3) is 0 Å². The molecule has 1 aliphatic rings. The quantitative estimate of drug-likeness (QED) is 0.299. The summed E-state index contributed by atoms with van der Waals surface area (Å²) >= 11 is 0. The van der Waals surface area contributed by atoms with Crippen LogP contribution in [0.5, 0.6) is 40.2 Å². The highest BCUT2D eigenvalue weighted by molar-refractivity contribution is 5.99. The van der Waals surface area contributed by atoms with E-state index in [0.29, 0.717) is 11.1 Å². The van der Waals surface area contributed by atoms with Crippen LogP contribution in [0, 0.1) is 0 Å². The Labute approximate surface area is 185 Å². The monoisotopic (exact) mass is 442 g/mol. The average molecular weight is 442 g/mol. The molecule has 0 amide bonds. The molecule has 0 saturated carbocycles. The summed E-state index contributed by atoms with van der Waals surface area (Å²) in [5.74, 6) is -2.08. The highest BCUT2D eigenvalue weighted by Crippen LogP contribution is 2.50. The van der Waals surface area contributed by atoms with E-state index in [0.717, 1.165) is 11.6 Å². The fourth-order valence-electron chi connectivity index (χ4n) is 3.35. The van der Waals surface area contributed by atoms with Crippen molar-refractivity contribution in [2.24, 2.45) is 0 Å². The van der Waals surface area contributed by atoms with Crippen LogP contribution in [0.2, 0.25) is 0 Å². The largest absolute Gasteiger partial charge is 0.507 e. The molecule has 0 saturated heterocycles. The molecule has 0 radical (unpaired) electrons. The van der Waals surface area contributed by atoms with E-state index in [4.69, 9.17) is 14.2 Å². The first-order valence-electron chi connectivity index (χ1n) is 9.92. The Bertz CT molecular complexity index is 1130. The number of methoxy groups -OCH3 is 1. The second kappa shape index (κ2) is 8.84. The van der Waals surface area contributed by atoms with Gasteiger partial charge in [0.25, 0.3) is 0 Å². The number of ether oxygens (including phenoxy) is 3. The van der Waals surface area contributed by atoms with Gasteiger partial charge >= 0.3 is 5.97 Å². The van der Waals surface area contributed by atoms with Gasteiger partial charge in [0.15, 0.2) is 23.0 Å². The van der Waals surface area contributed by atoms with Crippen molar-refractivity contribution in [2.45, 2.75) is 39.7 Å². The van der Waals surface area contributed by atoms with Gasteiger partial charge in [-0.1, -0.05) is 23.8 Å². The van der Waals surface area contributed by atoms with E-state index >= 15 is 0 Å². The van der Waals surface area contributed by atoms with Gasteiger partial charge in [-0.2, -0.15) is 0 Å². The Morgan fingerprint density at radius 2 is 1.75 bits per heavy atom. The SMILES string of the molecule is C=C(C)C(O)Cc1c(O)cc2c(c1O)C(=O)Oc1c(cc(O)c(OC)c1CC=C(C)C)O2. The molecule has 2 aromatic carbocycles. The molecule has 32 heavy (non-hydrogen) atoms. The number of benzene rings is 2. The van der Waals surface area contributed by atoms with Gasteiger partial charge in [-0.15, -0.1) is 0 Å². The lowest BCUT2D eigenvalue weighted by Crippen LogP contribution is -2.14. The standard InChI is InChI=1S/C24H26O8/c1-11(2)6-7-13-22(30-5)17(27)10-19-23(13)32-24(29)20-18(31-19)9-16(26)14(21(20)28)8-15(25)12(3)4/h6,9-10,15,25-28H,3,7-8H2,1-2,4-5H3. The third kappa shape index (κ3) is 4.22. The maximum atomic E-state index is 13.0. The number of fused-ring (bicyclic) bond motifs is 2. The molecule has 8 heteroatoms. The van der Waals surface area contributed by atoms with Crippen molar-refractivity contribution in [1.29, 1.82) is 0 Å². The van der Waals surface area contributed by atoms with Crippen molar-refractivity contribution < 1.29 is 39.4 Å². The molecule has 0 fully saturated rings. The minimum absolute atomic E-state index is 0.0149. The molecule has 2 aromatic rings. The normalized spacial score (nSPS) is 13.1. The van der Waals surface area contributed by atoms with Gasteiger partial charge in [0.2, 0.25) is 0 Å². The number of esters is 1. The van der Waals surface area contributed by atoms with Crippen molar-refractivity contribution in [2.75, 3.05) is 7.11 Å². The summed E-state index contributed by atoms with van der Waals surface area (Å²) in [6, 6.07) is 2.39. The fraction of sp³-hybridized carbons (Fsp3) is 0.292. The molecule has 4 N–H and O–H groups in total. The van der Waals surface area contributed by atoms with Crippen LogP contribution in [0.15, 0.2) is 35.9 Å². The van der Waals surface area contributed by atoms with Crippen LogP contribution in [0.3, 0.4) is 0 Å². The molecule has 1 aliphatic heterocycles. The van der Waals surface area contributed by atoms with Crippen LogP contribution in [-0.4, -0.2) is 39.6 Å². The van der Waals surface area contributed by atoms with E-state index in [1.54, 1.807) is 6.92 Å². The zero-order valence-corrected chi connectivity index (χ0v) is 18.4. The summed E-state index contributed by atoms with van der Waals surface area (Å²) < 4.78 is 16.7. The van der Waals surface area contributed by atoms with E-state index in [1.807, 2.05) is 19.9 Å². The molecular weight excluding hydrogens is 416 g/mol. The van der Waals surface area contributed by atoms with Gasteiger partial charge < -0.3 is 34.6 Å². The fourth-order valence-corrected chi connectivity index (χ4v) is 3.35. The number of hydrogen-bond acceptors (Lipinski definition) is 8. The third-order valence-electron chi connectivity index (χ3n) is 5.12. The topological polar surface area (TPSA) is 126 Å². The number of phenolic OH excluding ortho intramolecular Hbond substituents is 3. The number of phenols is 3. The minimum Gasteiger partial charge on any atom is -0.507 e. The lowest BCUT2D eigenvalue weighted by Gasteiger charge is -2.16. The predicted molar refractivity (Wildman–Crippen MR) is 117 cm³/mol. The molecule has 1 atom stereocenters. The highest BCUT2D eigenvalue weighted by Gasteiger charge is 2.33. The number of hydrogen-bond donors (Lipinski definition) is 4. The van der Waals surface area contributed by atoms with Crippen molar-refractivity contribution in [3.8, 4) is 40.2 Å². The van der Waals surface area contributed by atoms with Crippen LogP contribution < -0.4 is 14.2 Å². The van der Waals surface area contributed by atoms with Crippen LogP contribution in [-0.2, 0) is 12.8 Å². The molecule has 0 bridgehead atoms. The van der Waals surface area contributed by atoms with Gasteiger partial charge in [0.1, 0.15) is 22.8 Å². The summed E-state index contributed by atoms with van der Waals surface area (Å²) in [5, 5.41) is 41.7. The Morgan fingerprint density at radius 1 is 1.09 bits per heavy atom. The summed E-state index contributed by atoms with van der Waals surface area (Å²) in [6.07, 6.45) is 0.939. The molecule has 3 rings (SSSR count). The van der Waals surface area contributed by atoms with Gasteiger partial charge in [-0.05, 0) is 27.2 Å². The summed E-state index contributed by atoms with van der Waals surface area (Å²) in [4.78, 5) is 13.0. The van der Waals surface area contributed by atoms with Gasteiger partial charge in [0.05, 0.1) is 13.2 Å². The number of allylic oxidation sites excluding steroid dienone is 2. The van der Waals surface area contributed by atoms with Crippen LogP contribution in [0.4, 0.5) is 0 Å². The predicted octanol–water partition coefficient (Wildman–Crippen LogP) is 4.13. The smallest absolute Gasteiger partial charge is 0.351 e.